The van der Waals surface area contributed by atoms with Crippen molar-refractivity contribution >= 4 is 10.4 Å². The summed E-state index contributed by atoms with van der Waals surface area (Å²) in [5, 5.41) is 0. The van der Waals surface area contributed by atoms with Crippen molar-refractivity contribution in [2.75, 3.05) is 19.8 Å². The van der Waals surface area contributed by atoms with Crippen molar-refractivity contribution < 1.29 is 21.9 Å². The predicted molar refractivity (Wildman–Crippen MR) is 94.0 cm³/mol. The van der Waals surface area contributed by atoms with Crippen LogP contribution in [0.1, 0.15) is 90.4 Å². The van der Waals surface area contributed by atoms with Gasteiger partial charge in [-0.25, -0.2) is 4.18 Å². The number of rotatable bonds is 18. The first-order valence-corrected chi connectivity index (χ1v) is 10.6. The van der Waals surface area contributed by atoms with Gasteiger partial charge in [-0.05, 0) is 19.3 Å². The number of ether oxygens (including phenoxy) is 1. The largest absolute Gasteiger partial charge is 0.397 e. The molecule has 6 heteroatoms. The monoisotopic (exact) mass is 352 g/mol. The molecule has 0 aromatic carbocycles. The van der Waals surface area contributed by atoms with Gasteiger partial charge in [-0.15, -0.1) is 0 Å². The second-order valence-electron chi connectivity index (χ2n) is 6.10. The van der Waals surface area contributed by atoms with Gasteiger partial charge in [0, 0.05) is 13.2 Å². The minimum atomic E-state index is -4.29. The van der Waals surface area contributed by atoms with Crippen LogP contribution in [0.15, 0.2) is 0 Å². The molecule has 0 aliphatic carbocycles. The Bertz CT molecular complexity index is 330. The van der Waals surface area contributed by atoms with Crippen LogP contribution in [-0.4, -0.2) is 32.8 Å². The Morgan fingerprint density at radius 2 is 1.04 bits per heavy atom. The molecule has 0 spiro atoms. The second kappa shape index (κ2) is 16.7. The maximum absolute atomic E-state index is 10.3. The number of hydrogen-bond acceptors (Lipinski definition) is 4. The minimum Gasteiger partial charge on any atom is -0.381 e. The molecule has 1 N–H and O–H groups in total. The van der Waals surface area contributed by atoms with Gasteiger partial charge in [0.15, 0.2) is 0 Å². The van der Waals surface area contributed by atoms with E-state index in [2.05, 4.69) is 11.1 Å². The van der Waals surface area contributed by atoms with Gasteiger partial charge in [0.05, 0.1) is 6.61 Å². The van der Waals surface area contributed by atoms with Crippen LogP contribution < -0.4 is 0 Å². The lowest BCUT2D eigenvalue weighted by Crippen LogP contribution is -2.06. The van der Waals surface area contributed by atoms with Crippen LogP contribution in [0.3, 0.4) is 0 Å². The highest BCUT2D eigenvalue weighted by Crippen LogP contribution is 2.11. The summed E-state index contributed by atoms with van der Waals surface area (Å²) in [5.41, 5.74) is 0. The maximum Gasteiger partial charge on any atom is 0.397 e. The molecule has 0 aromatic rings. The lowest BCUT2D eigenvalue weighted by atomic mass is 10.1. The van der Waals surface area contributed by atoms with Gasteiger partial charge in [0.2, 0.25) is 0 Å². The molecule has 140 valence electrons. The molecule has 0 fully saturated rings. The summed E-state index contributed by atoms with van der Waals surface area (Å²) in [6, 6.07) is 0. The van der Waals surface area contributed by atoms with E-state index in [1.807, 2.05) is 0 Å². The van der Waals surface area contributed by atoms with E-state index in [9.17, 15) is 8.42 Å². The Kier molecular flexibility index (Phi) is 16.6. The van der Waals surface area contributed by atoms with Crippen LogP contribution in [-0.2, 0) is 19.3 Å². The number of unbranched alkanes of at least 4 members (excludes halogenated alkanes) is 11. The predicted octanol–water partition coefficient (Wildman–Crippen LogP) is 4.91. The highest BCUT2D eigenvalue weighted by molar-refractivity contribution is 7.80. The summed E-state index contributed by atoms with van der Waals surface area (Å²) in [6.45, 7) is 3.66. The van der Waals surface area contributed by atoms with Crippen molar-refractivity contribution in [2.24, 2.45) is 0 Å². The van der Waals surface area contributed by atoms with Gasteiger partial charge < -0.3 is 4.74 Å². The Balaban J connectivity index is 3.03. The SMILES string of the molecule is CCCCCCCCCCCCCOCCCCOS(=O)(=O)O. The topological polar surface area (TPSA) is 72.8 Å². The fourth-order valence-electron chi connectivity index (χ4n) is 2.44. The van der Waals surface area contributed by atoms with Crippen molar-refractivity contribution in [1.82, 2.24) is 0 Å². The molecule has 0 unspecified atom stereocenters. The third kappa shape index (κ3) is 21.8. The zero-order valence-corrected chi connectivity index (χ0v) is 15.6. The molecular weight excluding hydrogens is 316 g/mol. The van der Waals surface area contributed by atoms with Crippen LogP contribution in [0.2, 0.25) is 0 Å². The first-order valence-electron chi connectivity index (χ1n) is 9.26. The van der Waals surface area contributed by atoms with Crippen LogP contribution in [0.25, 0.3) is 0 Å². The smallest absolute Gasteiger partial charge is 0.381 e. The first-order chi connectivity index (χ1) is 11.1. The molecule has 23 heavy (non-hydrogen) atoms. The van der Waals surface area contributed by atoms with Gasteiger partial charge in [0.25, 0.3) is 0 Å². The van der Waals surface area contributed by atoms with Gasteiger partial charge in [-0.3, -0.25) is 4.55 Å². The minimum absolute atomic E-state index is 0.0145. The molecule has 0 aliphatic heterocycles. The zero-order valence-electron chi connectivity index (χ0n) is 14.8. The van der Waals surface area contributed by atoms with Gasteiger partial charge >= 0.3 is 10.4 Å². The molecule has 0 amide bonds. The molecule has 0 saturated heterocycles. The van der Waals surface area contributed by atoms with Crippen LogP contribution in [0, 0.1) is 0 Å². The van der Waals surface area contributed by atoms with E-state index < -0.39 is 10.4 Å². The highest BCUT2D eigenvalue weighted by Gasteiger charge is 2.02. The Labute approximate surface area is 143 Å². The first kappa shape index (κ1) is 22.8. The normalized spacial score (nSPS) is 11.9. The van der Waals surface area contributed by atoms with Crippen molar-refractivity contribution in [1.29, 1.82) is 0 Å². The Morgan fingerprint density at radius 1 is 0.652 bits per heavy atom. The third-order valence-corrected chi connectivity index (χ3v) is 4.27. The maximum atomic E-state index is 10.3. The van der Waals surface area contributed by atoms with E-state index in [0.717, 1.165) is 19.4 Å². The van der Waals surface area contributed by atoms with Gasteiger partial charge in [0.1, 0.15) is 0 Å². The van der Waals surface area contributed by atoms with Crippen LogP contribution >= 0.6 is 0 Å². The molecule has 0 heterocycles. The summed E-state index contributed by atoms with van der Waals surface area (Å²) < 4.78 is 38.7. The molecule has 0 aromatic heterocycles. The van der Waals surface area contributed by atoms with Gasteiger partial charge in [-0.2, -0.15) is 8.42 Å². The molecule has 0 saturated carbocycles. The average Bonchev–Trinajstić information content (AvgIpc) is 2.49. The van der Waals surface area contributed by atoms with E-state index in [1.165, 1.54) is 64.2 Å². The Hall–Kier alpha value is -0.170. The Morgan fingerprint density at radius 3 is 1.52 bits per heavy atom. The van der Waals surface area contributed by atoms with Crippen molar-refractivity contribution in [3.8, 4) is 0 Å². The van der Waals surface area contributed by atoms with E-state index in [4.69, 9.17) is 9.29 Å². The molecule has 0 aliphatic rings. The molecule has 0 bridgehead atoms. The lowest BCUT2D eigenvalue weighted by molar-refractivity contribution is 0.122. The van der Waals surface area contributed by atoms with Crippen LogP contribution in [0.5, 0.6) is 0 Å². The van der Waals surface area contributed by atoms with E-state index in [0.29, 0.717) is 13.0 Å². The van der Waals surface area contributed by atoms with E-state index in [1.54, 1.807) is 0 Å². The third-order valence-electron chi connectivity index (χ3n) is 3.81. The average molecular weight is 353 g/mol. The van der Waals surface area contributed by atoms with Crippen molar-refractivity contribution in [3.05, 3.63) is 0 Å². The molecular formula is C17H36O5S. The van der Waals surface area contributed by atoms with E-state index in [-0.39, 0.29) is 6.61 Å². The second-order valence-corrected chi connectivity index (χ2v) is 7.20. The number of hydrogen-bond donors (Lipinski definition) is 1. The summed E-state index contributed by atoms with van der Waals surface area (Å²) in [6.07, 6.45) is 15.9. The van der Waals surface area contributed by atoms with Gasteiger partial charge in [-0.1, -0.05) is 71.1 Å². The van der Waals surface area contributed by atoms with Crippen molar-refractivity contribution in [2.45, 2.75) is 90.4 Å². The lowest BCUT2D eigenvalue weighted by Gasteiger charge is -2.05. The van der Waals surface area contributed by atoms with E-state index >= 15 is 0 Å². The zero-order chi connectivity index (χ0) is 17.2. The highest BCUT2D eigenvalue weighted by atomic mass is 32.3. The molecule has 0 radical (unpaired) electrons. The summed E-state index contributed by atoms with van der Waals surface area (Å²) >= 11 is 0. The summed E-state index contributed by atoms with van der Waals surface area (Å²) in [7, 11) is -4.29. The summed E-state index contributed by atoms with van der Waals surface area (Å²) in [5.74, 6) is 0. The molecule has 5 nitrogen and oxygen atoms in total. The summed E-state index contributed by atoms with van der Waals surface area (Å²) in [4.78, 5) is 0. The fourth-order valence-corrected chi connectivity index (χ4v) is 2.77. The molecule has 0 atom stereocenters. The molecule has 0 rings (SSSR count). The quantitative estimate of drug-likeness (QED) is 0.280. The van der Waals surface area contributed by atoms with Crippen molar-refractivity contribution in [3.63, 3.8) is 0 Å². The standard InChI is InChI=1S/C17H36O5S/c1-2-3-4-5-6-7-8-9-10-11-12-15-21-16-13-14-17-22-23(18,19)20/h2-17H2,1H3,(H,18,19,20). The fraction of sp³-hybridized carbons (Fsp3) is 1.00. The van der Waals surface area contributed by atoms with Crippen LogP contribution in [0.4, 0.5) is 0 Å².